The standard InChI is InChI=1S/C21H31N3O3/c1-16(2)27-19-10-8-17(9-11-19)20(25)23-12-5-13-24(15-14-23)21(26)22-18-6-3-4-7-18/h8-11,16,18H,3-7,12-15H2,1-2H3,(H,22,26). The number of rotatable bonds is 4. The minimum absolute atomic E-state index is 0.0177. The molecule has 0 bridgehead atoms. The Morgan fingerprint density at radius 2 is 1.59 bits per heavy atom. The number of nitrogens with one attached hydrogen (secondary N) is 1. The molecule has 0 radical (unpaired) electrons. The molecule has 3 amide bonds. The van der Waals surface area contributed by atoms with Crippen LogP contribution in [0.25, 0.3) is 0 Å². The first kappa shape index (κ1) is 19.5. The highest BCUT2D eigenvalue weighted by Gasteiger charge is 2.25. The van der Waals surface area contributed by atoms with Crippen molar-refractivity contribution in [2.45, 2.75) is 58.1 Å². The van der Waals surface area contributed by atoms with Gasteiger partial charge in [-0.05, 0) is 57.4 Å². The lowest BCUT2D eigenvalue weighted by molar-refractivity contribution is 0.0762. The monoisotopic (exact) mass is 373 g/mol. The Bertz CT molecular complexity index is 639. The van der Waals surface area contributed by atoms with Crippen molar-refractivity contribution in [3.05, 3.63) is 29.8 Å². The van der Waals surface area contributed by atoms with Gasteiger partial charge >= 0.3 is 6.03 Å². The number of amides is 3. The van der Waals surface area contributed by atoms with Crippen LogP contribution in [0.5, 0.6) is 5.75 Å². The fourth-order valence-corrected chi connectivity index (χ4v) is 3.79. The van der Waals surface area contributed by atoms with Crippen LogP contribution in [0.2, 0.25) is 0 Å². The molecule has 0 atom stereocenters. The largest absolute Gasteiger partial charge is 0.491 e. The molecule has 2 aliphatic rings. The van der Waals surface area contributed by atoms with Gasteiger partial charge in [-0.2, -0.15) is 0 Å². The average molecular weight is 373 g/mol. The minimum atomic E-state index is 0.0177. The molecule has 1 aromatic rings. The topological polar surface area (TPSA) is 61.9 Å². The van der Waals surface area contributed by atoms with E-state index in [9.17, 15) is 9.59 Å². The van der Waals surface area contributed by atoms with Crippen LogP contribution in [-0.2, 0) is 0 Å². The molecule has 1 saturated carbocycles. The second-order valence-electron chi connectivity index (χ2n) is 7.75. The molecule has 1 heterocycles. The molecule has 27 heavy (non-hydrogen) atoms. The van der Waals surface area contributed by atoms with Gasteiger partial charge in [0.15, 0.2) is 0 Å². The zero-order valence-corrected chi connectivity index (χ0v) is 16.4. The third kappa shape index (κ3) is 5.37. The fourth-order valence-electron chi connectivity index (χ4n) is 3.79. The summed E-state index contributed by atoms with van der Waals surface area (Å²) >= 11 is 0. The van der Waals surface area contributed by atoms with Gasteiger partial charge < -0.3 is 19.9 Å². The molecule has 1 aromatic carbocycles. The van der Waals surface area contributed by atoms with E-state index in [1.165, 1.54) is 12.8 Å². The van der Waals surface area contributed by atoms with Crippen LogP contribution in [0.1, 0.15) is 56.3 Å². The second kappa shape index (κ2) is 9.11. The van der Waals surface area contributed by atoms with E-state index in [2.05, 4.69) is 5.32 Å². The summed E-state index contributed by atoms with van der Waals surface area (Å²) in [6.07, 6.45) is 5.49. The molecular formula is C21H31N3O3. The number of carbonyl (C=O) groups excluding carboxylic acids is 2. The number of ether oxygens (including phenoxy) is 1. The molecule has 0 aromatic heterocycles. The van der Waals surface area contributed by atoms with Crippen LogP contribution in [0.4, 0.5) is 4.79 Å². The SMILES string of the molecule is CC(C)Oc1ccc(C(=O)N2CCCN(C(=O)NC3CCCC3)CC2)cc1. The van der Waals surface area contributed by atoms with Gasteiger partial charge in [0.2, 0.25) is 0 Å². The van der Waals surface area contributed by atoms with Gasteiger partial charge in [0, 0.05) is 37.8 Å². The van der Waals surface area contributed by atoms with Crippen molar-refractivity contribution in [1.29, 1.82) is 0 Å². The van der Waals surface area contributed by atoms with Gasteiger partial charge in [0.1, 0.15) is 5.75 Å². The molecule has 2 fully saturated rings. The molecule has 6 nitrogen and oxygen atoms in total. The second-order valence-corrected chi connectivity index (χ2v) is 7.75. The first-order chi connectivity index (χ1) is 13.0. The Morgan fingerprint density at radius 1 is 0.963 bits per heavy atom. The van der Waals surface area contributed by atoms with Crippen LogP contribution in [0.3, 0.4) is 0 Å². The highest BCUT2D eigenvalue weighted by atomic mass is 16.5. The molecule has 1 saturated heterocycles. The first-order valence-electron chi connectivity index (χ1n) is 10.1. The summed E-state index contributed by atoms with van der Waals surface area (Å²) in [5, 5.41) is 3.14. The summed E-state index contributed by atoms with van der Waals surface area (Å²) in [6, 6.07) is 7.65. The predicted molar refractivity (Wildman–Crippen MR) is 105 cm³/mol. The summed E-state index contributed by atoms with van der Waals surface area (Å²) in [6.45, 7) is 6.48. The number of carbonyl (C=O) groups is 2. The minimum Gasteiger partial charge on any atom is -0.491 e. The average Bonchev–Trinajstić information content (AvgIpc) is 3.02. The van der Waals surface area contributed by atoms with Crippen molar-refractivity contribution in [2.75, 3.05) is 26.2 Å². The number of benzene rings is 1. The summed E-state index contributed by atoms with van der Waals surface area (Å²) in [7, 11) is 0. The van der Waals surface area contributed by atoms with Crippen LogP contribution in [-0.4, -0.2) is 60.1 Å². The Morgan fingerprint density at radius 3 is 2.26 bits per heavy atom. The van der Waals surface area contributed by atoms with Gasteiger partial charge in [-0.15, -0.1) is 0 Å². The Kier molecular flexibility index (Phi) is 6.58. The highest BCUT2D eigenvalue weighted by Crippen LogP contribution is 2.19. The Hall–Kier alpha value is -2.24. The van der Waals surface area contributed by atoms with Crippen molar-refractivity contribution >= 4 is 11.9 Å². The van der Waals surface area contributed by atoms with E-state index < -0.39 is 0 Å². The third-order valence-electron chi connectivity index (χ3n) is 5.23. The lowest BCUT2D eigenvalue weighted by Crippen LogP contribution is -2.45. The summed E-state index contributed by atoms with van der Waals surface area (Å²) < 4.78 is 5.63. The summed E-state index contributed by atoms with van der Waals surface area (Å²) in [4.78, 5) is 29.0. The molecular weight excluding hydrogens is 342 g/mol. The van der Waals surface area contributed by atoms with Crippen LogP contribution >= 0.6 is 0 Å². The maximum Gasteiger partial charge on any atom is 0.317 e. The molecule has 148 valence electrons. The fraction of sp³-hybridized carbons (Fsp3) is 0.619. The predicted octanol–water partition coefficient (Wildman–Crippen LogP) is 3.27. The third-order valence-corrected chi connectivity index (χ3v) is 5.23. The van der Waals surface area contributed by atoms with E-state index in [1.807, 2.05) is 47.9 Å². The van der Waals surface area contributed by atoms with E-state index in [1.54, 1.807) is 0 Å². The van der Waals surface area contributed by atoms with Gasteiger partial charge in [0.25, 0.3) is 5.91 Å². The zero-order chi connectivity index (χ0) is 19.2. The highest BCUT2D eigenvalue weighted by molar-refractivity contribution is 5.94. The summed E-state index contributed by atoms with van der Waals surface area (Å²) in [5.41, 5.74) is 0.662. The zero-order valence-electron chi connectivity index (χ0n) is 16.4. The van der Waals surface area contributed by atoms with Crippen LogP contribution in [0, 0.1) is 0 Å². The molecule has 1 aliphatic heterocycles. The lowest BCUT2D eigenvalue weighted by Gasteiger charge is -2.24. The quantitative estimate of drug-likeness (QED) is 0.881. The van der Waals surface area contributed by atoms with Crippen molar-refractivity contribution < 1.29 is 14.3 Å². The van der Waals surface area contributed by atoms with Crippen molar-refractivity contribution in [3.63, 3.8) is 0 Å². The van der Waals surface area contributed by atoms with Crippen molar-refractivity contribution in [3.8, 4) is 5.75 Å². The number of nitrogens with zero attached hydrogens (tertiary/aromatic N) is 2. The molecule has 0 spiro atoms. The van der Waals surface area contributed by atoms with Gasteiger partial charge in [-0.1, -0.05) is 12.8 Å². The van der Waals surface area contributed by atoms with Crippen molar-refractivity contribution in [2.24, 2.45) is 0 Å². The van der Waals surface area contributed by atoms with Gasteiger partial charge in [-0.25, -0.2) is 4.79 Å². The number of urea groups is 1. The molecule has 1 aliphatic carbocycles. The van der Waals surface area contributed by atoms with Crippen LogP contribution < -0.4 is 10.1 Å². The maximum atomic E-state index is 12.8. The van der Waals surface area contributed by atoms with E-state index in [0.29, 0.717) is 37.8 Å². The number of hydrogen-bond acceptors (Lipinski definition) is 3. The molecule has 6 heteroatoms. The maximum absolute atomic E-state index is 12.8. The van der Waals surface area contributed by atoms with Gasteiger partial charge in [0.05, 0.1) is 6.10 Å². The van der Waals surface area contributed by atoms with Crippen molar-refractivity contribution in [1.82, 2.24) is 15.1 Å². The van der Waals surface area contributed by atoms with E-state index >= 15 is 0 Å². The van der Waals surface area contributed by atoms with Gasteiger partial charge in [-0.3, -0.25) is 4.79 Å². The van der Waals surface area contributed by atoms with Crippen LogP contribution in [0.15, 0.2) is 24.3 Å². The lowest BCUT2D eigenvalue weighted by atomic mass is 10.2. The van der Waals surface area contributed by atoms with E-state index in [-0.39, 0.29) is 18.0 Å². The Labute approximate surface area is 161 Å². The smallest absolute Gasteiger partial charge is 0.317 e. The van der Waals surface area contributed by atoms with E-state index in [4.69, 9.17) is 4.74 Å². The van der Waals surface area contributed by atoms with E-state index in [0.717, 1.165) is 25.0 Å². The molecule has 1 N–H and O–H groups in total. The normalized spacial score (nSPS) is 18.5. The molecule has 0 unspecified atom stereocenters. The number of hydrogen-bond donors (Lipinski definition) is 1. The molecule has 3 rings (SSSR count). The first-order valence-corrected chi connectivity index (χ1v) is 10.1. The summed E-state index contributed by atoms with van der Waals surface area (Å²) in [5.74, 6) is 0.788. The Balaban J connectivity index is 1.53.